The van der Waals surface area contributed by atoms with Crippen molar-refractivity contribution in [3.05, 3.63) is 82.2 Å². The first-order chi connectivity index (χ1) is 16.4. The third kappa shape index (κ3) is 7.69. The maximum Gasteiger partial charge on any atom is 0.416 e. The average molecular weight is 527 g/mol. The lowest BCUT2D eigenvalue weighted by Gasteiger charge is -2.26. The Hall–Kier alpha value is -3.62. The molecule has 0 aliphatic carbocycles. The molecule has 0 aromatic heterocycles. The molecule has 2 rings (SSSR count). The van der Waals surface area contributed by atoms with Crippen LogP contribution in [0.1, 0.15) is 38.2 Å². The first-order valence-electron chi connectivity index (χ1n) is 9.69. The number of hydrazine groups is 1. The van der Waals surface area contributed by atoms with Crippen LogP contribution >= 0.6 is 0 Å². The highest BCUT2D eigenvalue weighted by molar-refractivity contribution is 5.77. The molecule has 0 heterocycles. The Balaban J connectivity index is 2.60. The average Bonchev–Trinajstić information content (AvgIpc) is 2.74. The van der Waals surface area contributed by atoms with Crippen molar-refractivity contribution in [3.8, 4) is 0 Å². The Morgan fingerprint density at radius 1 is 0.889 bits per heavy atom. The van der Waals surface area contributed by atoms with Crippen molar-refractivity contribution < 1.29 is 44.3 Å². The molecular formula is C21H18F9N5O. The van der Waals surface area contributed by atoms with E-state index in [1.807, 2.05) is 0 Å². The van der Waals surface area contributed by atoms with Crippen LogP contribution < -0.4 is 5.84 Å². The molecule has 15 heteroatoms. The van der Waals surface area contributed by atoms with Crippen molar-refractivity contribution in [2.24, 2.45) is 16.2 Å². The van der Waals surface area contributed by atoms with Crippen LogP contribution in [-0.4, -0.2) is 23.4 Å². The predicted molar refractivity (Wildman–Crippen MR) is 108 cm³/mol. The molecule has 0 atom stereocenters. The second-order valence-corrected chi connectivity index (χ2v) is 7.48. The van der Waals surface area contributed by atoms with E-state index < -0.39 is 53.9 Å². The van der Waals surface area contributed by atoms with Crippen molar-refractivity contribution in [2.75, 3.05) is 7.05 Å². The van der Waals surface area contributed by atoms with Gasteiger partial charge in [0.2, 0.25) is 0 Å². The van der Waals surface area contributed by atoms with Gasteiger partial charge in [-0.2, -0.15) is 39.5 Å². The number of hydrogen-bond donors (Lipinski definition) is 1. The molecule has 196 valence electrons. The Bertz CT molecular complexity index is 1110. The summed E-state index contributed by atoms with van der Waals surface area (Å²) in [5.41, 5.74) is -5.25. The Morgan fingerprint density at radius 2 is 1.42 bits per heavy atom. The van der Waals surface area contributed by atoms with Gasteiger partial charge in [-0.25, -0.2) is 11.0 Å². The summed E-state index contributed by atoms with van der Waals surface area (Å²) in [6.07, 6.45) is -14.8. The van der Waals surface area contributed by atoms with E-state index in [1.165, 1.54) is 7.05 Å². The molecule has 0 unspecified atom stereocenters. The molecule has 0 amide bonds. The summed E-state index contributed by atoms with van der Waals surface area (Å²) < 4.78 is 119. The van der Waals surface area contributed by atoms with Gasteiger partial charge in [0, 0.05) is 25.7 Å². The number of halogens is 9. The van der Waals surface area contributed by atoms with Crippen LogP contribution in [0.25, 0.3) is 0 Å². The van der Waals surface area contributed by atoms with Gasteiger partial charge in [0.25, 0.3) is 0 Å². The monoisotopic (exact) mass is 527 g/mol. The quantitative estimate of drug-likeness (QED) is 0.146. The van der Waals surface area contributed by atoms with Gasteiger partial charge < -0.3 is 4.90 Å². The van der Waals surface area contributed by atoms with Gasteiger partial charge >= 0.3 is 18.5 Å². The lowest BCUT2D eigenvalue weighted by Crippen LogP contribution is -2.24. The van der Waals surface area contributed by atoms with Crippen LogP contribution in [0.15, 0.2) is 59.1 Å². The van der Waals surface area contributed by atoms with E-state index in [4.69, 9.17) is 5.84 Å². The van der Waals surface area contributed by atoms with E-state index in [0.29, 0.717) is 29.4 Å². The summed E-state index contributed by atoms with van der Waals surface area (Å²) in [5, 5.41) is 7.72. The first kappa shape index (κ1) is 28.6. The van der Waals surface area contributed by atoms with Crippen LogP contribution in [0.2, 0.25) is 0 Å². The number of carbonyl (C=O) groups excluding carboxylic acids is 1. The number of aldehydes is 1. The van der Waals surface area contributed by atoms with Crippen molar-refractivity contribution in [1.29, 1.82) is 0 Å². The fourth-order valence-electron chi connectivity index (χ4n) is 2.99. The summed E-state index contributed by atoms with van der Waals surface area (Å²) in [7, 11) is 1.24. The molecule has 0 aliphatic heterocycles. The molecule has 6 nitrogen and oxygen atoms in total. The van der Waals surface area contributed by atoms with Crippen LogP contribution in [0.3, 0.4) is 0 Å². The molecule has 2 aromatic carbocycles. The number of alkyl halides is 9. The van der Waals surface area contributed by atoms with Gasteiger partial charge in [-0.1, -0.05) is 17.9 Å². The molecule has 2 aromatic rings. The van der Waals surface area contributed by atoms with Gasteiger partial charge in [-0.05, 0) is 41.5 Å². The zero-order chi connectivity index (χ0) is 27.5. The van der Waals surface area contributed by atoms with Gasteiger partial charge in [-0.15, -0.1) is 5.11 Å². The number of carbonyl (C=O) groups is 1. The molecular weight excluding hydrogens is 509 g/mol. The van der Waals surface area contributed by atoms with Crippen molar-refractivity contribution in [2.45, 2.75) is 31.6 Å². The lowest BCUT2D eigenvalue weighted by atomic mass is 10.0. The first-order valence-corrected chi connectivity index (χ1v) is 9.69. The molecule has 0 bridgehead atoms. The summed E-state index contributed by atoms with van der Waals surface area (Å²) in [6.45, 7) is 2.21. The molecule has 0 spiro atoms. The van der Waals surface area contributed by atoms with Crippen LogP contribution in [0.5, 0.6) is 0 Å². The van der Waals surface area contributed by atoms with Crippen LogP contribution in [-0.2, 0) is 31.6 Å². The number of benzene rings is 2. The van der Waals surface area contributed by atoms with Gasteiger partial charge in [-0.3, -0.25) is 4.79 Å². The fourth-order valence-corrected chi connectivity index (χ4v) is 2.99. The van der Waals surface area contributed by atoms with Crippen LogP contribution in [0.4, 0.5) is 39.5 Å². The maximum atomic E-state index is 13.2. The van der Waals surface area contributed by atoms with E-state index in [-0.39, 0.29) is 29.3 Å². The lowest BCUT2D eigenvalue weighted by molar-refractivity contribution is -0.143. The SMILES string of the molecule is C=C(N=NN(C)N)N(Cc1cc(C(F)(F)F)cc(C(F)(F)F)c1)Cc1cc(C(F)(F)F)ccc1C=O. The van der Waals surface area contributed by atoms with Crippen molar-refractivity contribution in [3.63, 3.8) is 0 Å². The smallest absolute Gasteiger partial charge is 0.347 e. The van der Waals surface area contributed by atoms with E-state index >= 15 is 0 Å². The number of nitrogens with two attached hydrogens (primary N) is 1. The minimum atomic E-state index is -5.12. The van der Waals surface area contributed by atoms with E-state index in [2.05, 4.69) is 16.9 Å². The standard InChI is InChI=1S/C21H18F9N5O/c1-12(32-33-34(2)31)35(10-15-7-16(19(22,23)24)4-3-14(15)11-36)9-13-5-17(20(25,26)27)8-18(6-13)21(28,29)30/h3-8,11H,1,9-10,31H2,2H3. The van der Waals surface area contributed by atoms with Crippen molar-refractivity contribution in [1.82, 2.24) is 10.0 Å². The largest absolute Gasteiger partial charge is 0.416 e. The highest BCUT2D eigenvalue weighted by atomic mass is 19.4. The Kier molecular flexibility index (Phi) is 8.39. The normalized spacial score (nSPS) is 12.6. The topological polar surface area (TPSA) is 74.3 Å². The van der Waals surface area contributed by atoms with E-state index in [1.54, 1.807) is 0 Å². The van der Waals surface area contributed by atoms with Gasteiger partial charge in [0.05, 0.1) is 16.7 Å². The number of nitrogens with zero attached hydrogens (tertiary/aromatic N) is 4. The second kappa shape index (κ2) is 10.6. The molecule has 36 heavy (non-hydrogen) atoms. The third-order valence-electron chi connectivity index (χ3n) is 4.65. The molecule has 2 N–H and O–H groups in total. The minimum Gasteiger partial charge on any atom is -0.347 e. The highest BCUT2D eigenvalue weighted by Gasteiger charge is 2.37. The third-order valence-corrected chi connectivity index (χ3v) is 4.65. The molecule has 0 aliphatic rings. The second-order valence-electron chi connectivity index (χ2n) is 7.48. The summed E-state index contributed by atoms with van der Waals surface area (Å²) in [6, 6.07) is 3.00. The van der Waals surface area contributed by atoms with Gasteiger partial charge in [0.1, 0.15) is 12.1 Å². The zero-order valence-corrected chi connectivity index (χ0v) is 18.3. The molecule has 0 saturated heterocycles. The summed E-state index contributed by atoms with van der Waals surface area (Å²) >= 11 is 0. The predicted octanol–water partition coefficient (Wildman–Crippen LogP) is 6.20. The highest BCUT2D eigenvalue weighted by Crippen LogP contribution is 2.37. The number of hydrogen-bond acceptors (Lipinski definition) is 5. The Morgan fingerprint density at radius 3 is 1.86 bits per heavy atom. The minimum absolute atomic E-state index is 0.0664. The maximum absolute atomic E-state index is 13.2. The number of rotatable bonds is 8. The molecule has 0 saturated carbocycles. The molecule has 0 radical (unpaired) electrons. The van der Waals surface area contributed by atoms with Gasteiger partial charge in [0.15, 0.2) is 0 Å². The summed E-state index contributed by atoms with van der Waals surface area (Å²) in [5.74, 6) is 4.92. The summed E-state index contributed by atoms with van der Waals surface area (Å²) in [4.78, 5) is 12.3. The van der Waals surface area contributed by atoms with E-state index in [0.717, 1.165) is 11.0 Å². The molecule has 0 fully saturated rings. The zero-order valence-electron chi connectivity index (χ0n) is 18.3. The van der Waals surface area contributed by atoms with Crippen LogP contribution in [0, 0.1) is 0 Å². The Labute approximate surface area is 198 Å². The van der Waals surface area contributed by atoms with Crippen molar-refractivity contribution >= 4 is 6.29 Å². The van der Waals surface area contributed by atoms with E-state index in [9.17, 15) is 44.3 Å². The fraction of sp³-hybridized carbons (Fsp3) is 0.286.